The van der Waals surface area contributed by atoms with Crippen LogP contribution < -0.4 is 0 Å². The Balaban J connectivity index is 2.13. The van der Waals surface area contributed by atoms with Crippen LogP contribution in [0.3, 0.4) is 0 Å². The van der Waals surface area contributed by atoms with Crippen molar-refractivity contribution in [2.24, 2.45) is 0 Å². The summed E-state index contributed by atoms with van der Waals surface area (Å²) in [4.78, 5) is 5.11. The van der Waals surface area contributed by atoms with Crippen molar-refractivity contribution in [1.29, 1.82) is 0 Å². The number of aliphatic hydroxyl groups is 1. The van der Waals surface area contributed by atoms with Crippen molar-refractivity contribution < 1.29 is 27.1 Å². The summed E-state index contributed by atoms with van der Waals surface area (Å²) in [6.45, 7) is -1.42. The van der Waals surface area contributed by atoms with Gasteiger partial charge in [0.05, 0.1) is 13.1 Å². The summed E-state index contributed by atoms with van der Waals surface area (Å²) in [5.41, 5.74) is 0.583. The number of halogens is 4. The van der Waals surface area contributed by atoms with Crippen molar-refractivity contribution >= 4 is 11.1 Å². The highest BCUT2D eigenvalue weighted by Gasteiger charge is 2.31. The van der Waals surface area contributed by atoms with Gasteiger partial charge in [-0.1, -0.05) is 0 Å². The summed E-state index contributed by atoms with van der Waals surface area (Å²) in [7, 11) is 0. The fourth-order valence-corrected chi connectivity index (χ4v) is 1.97. The zero-order chi connectivity index (χ0) is 15.5. The van der Waals surface area contributed by atoms with E-state index in [1.165, 1.54) is 12.1 Å². The molecule has 116 valence electrons. The maximum Gasteiger partial charge on any atom is 0.401 e. The molecule has 21 heavy (non-hydrogen) atoms. The maximum absolute atomic E-state index is 13.0. The third kappa shape index (κ3) is 4.68. The molecule has 0 fully saturated rings. The predicted octanol–water partition coefficient (Wildman–Crippen LogP) is 2.71. The lowest BCUT2D eigenvalue weighted by molar-refractivity contribution is -0.148. The second-order valence-electron chi connectivity index (χ2n) is 4.62. The van der Waals surface area contributed by atoms with Crippen molar-refractivity contribution in [2.45, 2.75) is 19.1 Å². The minimum atomic E-state index is -4.35. The third-order valence-corrected chi connectivity index (χ3v) is 2.79. The Morgan fingerprint density at radius 1 is 1.29 bits per heavy atom. The number of benzene rings is 1. The van der Waals surface area contributed by atoms with Gasteiger partial charge < -0.3 is 9.52 Å². The van der Waals surface area contributed by atoms with Crippen LogP contribution in [0.25, 0.3) is 11.1 Å². The minimum Gasteiger partial charge on any atom is -0.439 e. The quantitative estimate of drug-likeness (QED) is 0.834. The predicted molar refractivity (Wildman–Crippen MR) is 67.0 cm³/mol. The summed E-state index contributed by atoms with van der Waals surface area (Å²) >= 11 is 0. The molecule has 1 aromatic heterocycles. The van der Waals surface area contributed by atoms with E-state index >= 15 is 0 Å². The Kier molecular flexibility index (Phi) is 4.79. The molecule has 8 heteroatoms. The van der Waals surface area contributed by atoms with Gasteiger partial charge in [-0.3, -0.25) is 4.90 Å². The molecule has 0 spiro atoms. The SMILES string of the molecule is OCCCN(Cc1nc2ccc(F)cc2o1)CC(F)(F)F. The summed E-state index contributed by atoms with van der Waals surface area (Å²) in [5.74, 6) is -0.421. The molecule has 2 aromatic rings. The van der Waals surface area contributed by atoms with Crippen LogP contribution in [0.1, 0.15) is 12.3 Å². The van der Waals surface area contributed by atoms with Crippen molar-refractivity contribution in [2.75, 3.05) is 19.7 Å². The van der Waals surface area contributed by atoms with E-state index in [4.69, 9.17) is 9.52 Å². The highest BCUT2D eigenvalue weighted by molar-refractivity contribution is 5.72. The van der Waals surface area contributed by atoms with Gasteiger partial charge in [0.25, 0.3) is 0 Å². The van der Waals surface area contributed by atoms with Gasteiger partial charge in [0.15, 0.2) is 5.58 Å². The first-order valence-electron chi connectivity index (χ1n) is 6.32. The first kappa shape index (κ1) is 15.7. The molecule has 1 N–H and O–H groups in total. The van der Waals surface area contributed by atoms with Gasteiger partial charge in [-0.25, -0.2) is 9.37 Å². The molecule has 1 heterocycles. The summed E-state index contributed by atoms with van der Waals surface area (Å²) in [5, 5.41) is 8.74. The monoisotopic (exact) mass is 306 g/mol. The Bertz CT molecular complexity index is 597. The van der Waals surface area contributed by atoms with Crippen LogP contribution in [0.15, 0.2) is 22.6 Å². The molecule has 0 aliphatic heterocycles. The minimum absolute atomic E-state index is 0.0586. The molecule has 0 atom stereocenters. The lowest BCUT2D eigenvalue weighted by atomic mass is 10.3. The number of hydrogen-bond donors (Lipinski definition) is 1. The molecule has 1 aromatic carbocycles. The number of alkyl halides is 3. The van der Waals surface area contributed by atoms with Crippen molar-refractivity contribution in [1.82, 2.24) is 9.88 Å². The fraction of sp³-hybridized carbons (Fsp3) is 0.462. The van der Waals surface area contributed by atoms with Gasteiger partial charge in [0.2, 0.25) is 5.89 Å². The molecule has 0 saturated heterocycles. The molecule has 2 rings (SSSR count). The molecular formula is C13H14F4N2O2. The zero-order valence-electron chi connectivity index (χ0n) is 11.0. The number of rotatable bonds is 6. The molecule has 0 saturated carbocycles. The largest absolute Gasteiger partial charge is 0.439 e. The van der Waals surface area contributed by atoms with Crippen molar-refractivity contribution in [3.05, 3.63) is 29.9 Å². The normalized spacial score (nSPS) is 12.5. The average molecular weight is 306 g/mol. The van der Waals surface area contributed by atoms with E-state index in [0.29, 0.717) is 5.52 Å². The van der Waals surface area contributed by atoms with Crippen molar-refractivity contribution in [3.8, 4) is 0 Å². The molecule has 0 aliphatic rings. The average Bonchev–Trinajstić information content (AvgIpc) is 2.75. The van der Waals surface area contributed by atoms with Gasteiger partial charge in [0.1, 0.15) is 11.3 Å². The van der Waals surface area contributed by atoms with Gasteiger partial charge in [0, 0.05) is 19.2 Å². The van der Waals surface area contributed by atoms with Crippen molar-refractivity contribution in [3.63, 3.8) is 0 Å². The van der Waals surface area contributed by atoms with E-state index in [1.54, 1.807) is 0 Å². The first-order valence-corrected chi connectivity index (χ1v) is 6.32. The third-order valence-electron chi connectivity index (χ3n) is 2.79. The highest BCUT2D eigenvalue weighted by Crippen LogP contribution is 2.21. The summed E-state index contributed by atoms with van der Waals surface area (Å²) in [6.07, 6.45) is -4.14. The van der Waals surface area contributed by atoms with E-state index in [0.717, 1.165) is 11.0 Å². The van der Waals surface area contributed by atoms with E-state index < -0.39 is 18.5 Å². The molecule has 0 aliphatic carbocycles. The van der Waals surface area contributed by atoms with Crippen LogP contribution in [0.5, 0.6) is 0 Å². The Labute approximate surface area is 118 Å². The van der Waals surface area contributed by atoms with E-state index in [-0.39, 0.29) is 37.6 Å². The lowest BCUT2D eigenvalue weighted by Gasteiger charge is -2.21. The molecule has 0 bridgehead atoms. The number of aliphatic hydroxyl groups excluding tert-OH is 1. The maximum atomic E-state index is 13.0. The second-order valence-corrected chi connectivity index (χ2v) is 4.62. The van der Waals surface area contributed by atoms with Gasteiger partial charge in [-0.2, -0.15) is 13.2 Å². The number of nitrogens with zero attached hydrogens (tertiary/aromatic N) is 2. The number of aromatic nitrogens is 1. The fourth-order valence-electron chi connectivity index (χ4n) is 1.97. The second kappa shape index (κ2) is 6.40. The van der Waals surface area contributed by atoms with Crippen LogP contribution in [0, 0.1) is 5.82 Å². The number of hydrogen-bond acceptors (Lipinski definition) is 4. The topological polar surface area (TPSA) is 49.5 Å². The molecule has 0 amide bonds. The van der Waals surface area contributed by atoms with E-state index in [2.05, 4.69) is 4.98 Å². The Hall–Kier alpha value is -1.67. The number of fused-ring (bicyclic) bond motifs is 1. The zero-order valence-corrected chi connectivity index (χ0v) is 11.0. The van der Waals surface area contributed by atoms with E-state index in [1.807, 2.05) is 0 Å². The summed E-state index contributed by atoms with van der Waals surface area (Å²) < 4.78 is 55.7. The van der Waals surface area contributed by atoms with Crippen LogP contribution in [-0.4, -0.2) is 40.9 Å². The first-order chi connectivity index (χ1) is 9.87. The Morgan fingerprint density at radius 3 is 2.71 bits per heavy atom. The molecule has 0 radical (unpaired) electrons. The van der Waals surface area contributed by atoms with Gasteiger partial charge in [-0.05, 0) is 18.6 Å². The van der Waals surface area contributed by atoms with E-state index in [9.17, 15) is 17.6 Å². The van der Waals surface area contributed by atoms with Crippen LogP contribution >= 0.6 is 0 Å². The smallest absolute Gasteiger partial charge is 0.401 e. The van der Waals surface area contributed by atoms with Gasteiger partial charge >= 0.3 is 6.18 Å². The number of oxazole rings is 1. The summed E-state index contributed by atoms with van der Waals surface area (Å²) in [6, 6.07) is 3.74. The van der Waals surface area contributed by atoms with Gasteiger partial charge in [-0.15, -0.1) is 0 Å². The molecular weight excluding hydrogens is 292 g/mol. The highest BCUT2D eigenvalue weighted by atomic mass is 19.4. The van der Waals surface area contributed by atoms with Crippen LogP contribution in [0.2, 0.25) is 0 Å². The molecule has 4 nitrogen and oxygen atoms in total. The van der Waals surface area contributed by atoms with Crippen LogP contribution in [-0.2, 0) is 6.54 Å². The lowest BCUT2D eigenvalue weighted by Crippen LogP contribution is -2.35. The Morgan fingerprint density at radius 2 is 2.05 bits per heavy atom. The van der Waals surface area contributed by atoms with Crippen LogP contribution in [0.4, 0.5) is 17.6 Å². The standard InChI is InChI=1S/C13H14F4N2O2/c14-9-2-3-10-11(6-9)21-12(18-10)7-19(4-1-5-20)8-13(15,16)17/h2-3,6,20H,1,4-5,7-8H2. The molecule has 0 unspecified atom stereocenters.